The van der Waals surface area contributed by atoms with Crippen LogP contribution in [0.25, 0.3) is 0 Å². The fourth-order valence-electron chi connectivity index (χ4n) is 0.788. The lowest BCUT2D eigenvalue weighted by Crippen LogP contribution is -1.88. The number of aliphatic hydroxyl groups is 1. The molecule has 1 rings (SSSR count). The van der Waals surface area contributed by atoms with Crippen LogP contribution in [0.5, 0.6) is 5.75 Å². The van der Waals surface area contributed by atoms with Gasteiger partial charge >= 0.3 is 0 Å². The Balaban J connectivity index is 2.97. The van der Waals surface area contributed by atoms with Crippen LogP contribution in [-0.2, 0) is 0 Å². The Hall–Kier alpha value is -1.53. The first kappa shape index (κ1) is 8.57. The molecule has 0 unspecified atom stereocenters. The number of pyridine rings is 1. The van der Waals surface area contributed by atoms with E-state index in [2.05, 4.69) is 16.8 Å². The van der Waals surface area contributed by atoms with Crippen molar-refractivity contribution in [3.8, 4) is 17.6 Å². The molecule has 0 aliphatic heterocycles. The average molecular weight is 163 g/mol. The quantitative estimate of drug-likeness (QED) is 0.610. The van der Waals surface area contributed by atoms with Gasteiger partial charge in [-0.2, -0.15) is 0 Å². The highest BCUT2D eigenvalue weighted by atomic mass is 16.5. The maximum Gasteiger partial charge on any atom is 0.137 e. The van der Waals surface area contributed by atoms with E-state index in [-0.39, 0.29) is 6.61 Å². The summed E-state index contributed by atoms with van der Waals surface area (Å²) in [5.41, 5.74) is 0.689. The second kappa shape index (κ2) is 4.37. The van der Waals surface area contributed by atoms with Crippen molar-refractivity contribution in [1.29, 1.82) is 0 Å². The molecule has 0 aliphatic rings. The van der Waals surface area contributed by atoms with Crippen molar-refractivity contribution in [3.63, 3.8) is 0 Å². The van der Waals surface area contributed by atoms with E-state index >= 15 is 0 Å². The van der Waals surface area contributed by atoms with Crippen LogP contribution in [0, 0.1) is 11.8 Å². The molecule has 0 fully saturated rings. The van der Waals surface area contributed by atoms with E-state index in [0.29, 0.717) is 11.3 Å². The summed E-state index contributed by atoms with van der Waals surface area (Å²) in [6.07, 6.45) is 3.23. The Morgan fingerprint density at radius 2 is 2.50 bits per heavy atom. The standard InChI is InChI=1S/C9H9NO2/c1-12-9-4-5-10-7-8(9)3-2-6-11/h4-5,7,11H,6H2,1H3. The molecule has 0 saturated carbocycles. The molecular formula is C9H9NO2. The van der Waals surface area contributed by atoms with Gasteiger partial charge in [-0.15, -0.1) is 0 Å². The lowest BCUT2D eigenvalue weighted by molar-refractivity contribution is 0.350. The summed E-state index contributed by atoms with van der Waals surface area (Å²) in [5, 5.41) is 8.46. The van der Waals surface area contributed by atoms with Crippen LogP contribution in [-0.4, -0.2) is 23.8 Å². The maximum atomic E-state index is 8.46. The third-order valence-electron chi connectivity index (χ3n) is 1.30. The van der Waals surface area contributed by atoms with E-state index in [1.54, 1.807) is 25.6 Å². The molecule has 0 atom stereocenters. The van der Waals surface area contributed by atoms with Crippen molar-refractivity contribution >= 4 is 0 Å². The Bertz CT molecular complexity index is 312. The molecule has 62 valence electrons. The molecule has 0 aliphatic carbocycles. The maximum absolute atomic E-state index is 8.46. The van der Waals surface area contributed by atoms with Crippen LogP contribution in [0.3, 0.4) is 0 Å². The minimum Gasteiger partial charge on any atom is -0.495 e. The molecule has 0 amide bonds. The van der Waals surface area contributed by atoms with Gasteiger partial charge in [0.15, 0.2) is 0 Å². The van der Waals surface area contributed by atoms with Crippen LogP contribution >= 0.6 is 0 Å². The Morgan fingerprint density at radius 3 is 3.17 bits per heavy atom. The number of nitrogens with zero attached hydrogens (tertiary/aromatic N) is 1. The van der Waals surface area contributed by atoms with Crippen molar-refractivity contribution in [1.82, 2.24) is 4.98 Å². The summed E-state index contributed by atoms with van der Waals surface area (Å²) in [5.74, 6) is 5.92. The molecule has 3 nitrogen and oxygen atoms in total. The lowest BCUT2D eigenvalue weighted by Gasteiger charge is -1.99. The summed E-state index contributed by atoms with van der Waals surface area (Å²) in [6.45, 7) is -0.155. The monoisotopic (exact) mass is 163 g/mol. The second-order valence-electron chi connectivity index (χ2n) is 2.04. The first-order valence-corrected chi connectivity index (χ1v) is 3.46. The predicted octanol–water partition coefficient (Wildman–Crippen LogP) is 0.434. The lowest BCUT2D eigenvalue weighted by atomic mass is 10.2. The van der Waals surface area contributed by atoms with E-state index in [9.17, 15) is 0 Å². The highest BCUT2D eigenvalue weighted by Crippen LogP contribution is 2.13. The summed E-state index contributed by atoms with van der Waals surface area (Å²) in [7, 11) is 1.57. The summed E-state index contributed by atoms with van der Waals surface area (Å²) in [4.78, 5) is 3.88. The minimum absolute atomic E-state index is 0.155. The van der Waals surface area contributed by atoms with E-state index in [0.717, 1.165) is 0 Å². The van der Waals surface area contributed by atoms with Crippen LogP contribution < -0.4 is 4.74 Å². The Morgan fingerprint density at radius 1 is 1.67 bits per heavy atom. The number of aliphatic hydroxyl groups excluding tert-OH is 1. The molecule has 0 aromatic carbocycles. The highest BCUT2D eigenvalue weighted by Gasteiger charge is 1.96. The fraction of sp³-hybridized carbons (Fsp3) is 0.222. The van der Waals surface area contributed by atoms with Crippen molar-refractivity contribution in [3.05, 3.63) is 24.0 Å². The number of ether oxygens (including phenoxy) is 1. The van der Waals surface area contributed by atoms with Gasteiger partial charge in [-0.05, 0) is 6.07 Å². The summed E-state index contributed by atoms with van der Waals surface area (Å²) in [6, 6.07) is 1.72. The first-order chi connectivity index (χ1) is 5.88. The molecule has 0 spiro atoms. The van der Waals surface area contributed by atoms with Gasteiger partial charge in [0.2, 0.25) is 0 Å². The number of hydrogen-bond acceptors (Lipinski definition) is 3. The van der Waals surface area contributed by atoms with Crippen molar-refractivity contribution < 1.29 is 9.84 Å². The predicted molar refractivity (Wildman–Crippen MR) is 44.8 cm³/mol. The van der Waals surface area contributed by atoms with E-state index in [1.165, 1.54) is 0 Å². The largest absolute Gasteiger partial charge is 0.495 e. The summed E-state index contributed by atoms with van der Waals surface area (Å²) >= 11 is 0. The zero-order chi connectivity index (χ0) is 8.81. The second-order valence-corrected chi connectivity index (χ2v) is 2.04. The van der Waals surface area contributed by atoms with Gasteiger partial charge in [0.05, 0.1) is 12.7 Å². The van der Waals surface area contributed by atoms with Crippen molar-refractivity contribution in [2.45, 2.75) is 0 Å². The van der Waals surface area contributed by atoms with Crippen LogP contribution in [0.2, 0.25) is 0 Å². The van der Waals surface area contributed by atoms with Gasteiger partial charge in [-0.1, -0.05) is 11.8 Å². The average Bonchev–Trinajstić information content (AvgIpc) is 2.15. The fourth-order valence-corrected chi connectivity index (χ4v) is 0.788. The van der Waals surface area contributed by atoms with Crippen LogP contribution in [0.15, 0.2) is 18.5 Å². The SMILES string of the molecule is COc1ccncc1C#CCO. The van der Waals surface area contributed by atoms with Gasteiger partial charge in [0.25, 0.3) is 0 Å². The third kappa shape index (κ3) is 1.97. The zero-order valence-corrected chi connectivity index (χ0v) is 6.74. The molecule has 3 heteroatoms. The molecule has 0 radical (unpaired) electrons. The minimum atomic E-state index is -0.155. The van der Waals surface area contributed by atoms with E-state index in [1.807, 2.05) is 0 Å². The van der Waals surface area contributed by atoms with Crippen molar-refractivity contribution in [2.24, 2.45) is 0 Å². The molecule has 1 aromatic rings. The smallest absolute Gasteiger partial charge is 0.137 e. The van der Waals surface area contributed by atoms with E-state index in [4.69, 9.17) is 9.84 Å². The van der Waals surface area contributed by atoms with Gasteiger partial charge < -0.3 is 9.84 Å². The van der Waals surface area contributed by atoms with Gasteiger partial charge in [0.1, 0.15) is 12.4 Å². The van der Waals surface area contributed by atoms with Gasteiger partial charge in [-0.3, -0.25) is 4.98 Å². The zero-order valence-electron chi connectivity index (χ0n) is 6.74. The number of methoxy groups -OCH3 is 1. The Labute approximate surface area is 71.0 Å². The molecule has 1 heterocycles. The van der Waals surface area contributed by atoms with E-state index < -0.39 is 0 Å². The molecule has 1 aromatic heterocycles. The Kier molecular flexibility index (Phi) is 3.12. The number of rotatable bonds is 1. The highest BCUT2D eigenvalue weighted by molar-refractivity contribution is 5.43. The van der Waals surface area contributed by atoms with Crippen LogP contribution in [0.4, 0.5) is 0 Å². The third-order valence-corrected chi connectivity index (χ3v) is 1.30. The number of hydrogen-bond donors (Lipinski definition) is 1. The number of aromatic nitrogens is 1. The van der Waals surface area contributed by atoms with Crippen molar-refractivity contribution in [2.75, 3.05) is 13.7 Å². The molecule has 0 saturated heterocycles. The van der Waals surface area contributed by atoms with Gasteiger partial charge in [0, 0.05) is 12.4 Å². The molecule has 1 N–H and O–H groups in total. The molecule has 0 bridgehead atoms. The van der Waals surface area contributed by atoms with Crippen LogP contribution in [0.1, 0.15) is 5.56 Å². The van der Waals surface area contributed by atoms with Gasteiger partial charge in [-0.25, -0.2) is 0 Å². The molecular weight excluding hydrogens is 154 g/mol. The normalized spacial score (nSPS) is 8.50. The molecule has 12 heavy (non-hydrogen) atoms. The summed E-state index contributed by atoms with van der Waals surface area (Å²) < 4.78 is 5.02. The topological polar surface area (TPSA) is 42.4 Å². The first-order valence-electron chi connectivity index (χ1n) is 3.46.